The molecule has 178 valence electrons. The van der Waals surface area contributed by atoms with Crippen LogP contribution in [0, 0.1) is 6.92 Å². The Bertz CT molecular complexity index is 1330. The van der Waals surface area contributed by atoms with Gasteiger partial charge in [0, 0.05) is 29.7 Å². The summed E-state index contributed by atoms with van der Waals surface area (Å²) in [5.41, 5.74) is 7.29. The molecule has 1 heterocycles. The lowest BCUT2D eigenvalue weighted by Gasteiger charge is -2.13. The first-order chi connectivity index (χ1) is 16.9. The predicted molar refractivity (Wildman–Crippen MR) is 144 cm³/mol. The summed E-state index contributed by atoms with van der Waals surface area (Å²) in [5.74, 6) is -0.228. The van der Waals surface area contributed by atoms with Gasteiger partial charge in [-0.15, -0.1) is 0 Å². The number of benzene rings is 3. The third kappa shape index (κ3) is 6.44. The molecule has 1 aromatic heterocycles. The summed E-state index contributed by atoms with van der Waals surface area (Å²) in [4.78, 5) is 27.3. The first-order valence-corrected chi connectivity index (χ1v) is 12.4. The number of thiophene rings is 1. The minimum Gasteiger partial charge on any atom is -0.348 e. The van der Waals surface area contributed by atoms with Crippen molar-refractivity contribution in [1.82, 2.24) is 10.2 Å². The van der Waals surface area contributed by atoms with E-state index in [0.717, 1.165) is 34.5 Å². The summed E-state index contributed by atoms with van der Waals surface area (Å²) < 4.78 is 0. The molecular weight excluding hydrogens is 454 g/mol. The van der Waals surface area contributed by atoms with Crippen LogP contribution in [0.5, 0.6) is 0 Å². The summed E-state index contributed by atoms with van der Waals surface area (Å²) in [6.45, 7) is 3.33. The van der Waals surface area contributed by atoms with Crippen LogP contribution in [-0.2, 0) is 13.1 Å². The van der Waals surface area contributed by atoms with Crippen LogP contribution < -0.4 is 10.6 Å². The maximum absolute atomic E-state index is 12.8. The maximum atomic E-state index is 12.8. The number of carbonyl (C=O) groups is 2. The zero-order valence-electron chi connectivity index (χ0n) is 20.2. The fourth-order valence-corrected chi connectivity index (χ4v) is 4.61. The van der Waals surface area contributed by atoms with E-state index in [2.05, 4.69) is 27.7 Å². The summed E-state index contributed by atoms with van der Waals surface area (Å²) in [6.07, 6.45) is 0. The molecule has 0 saturated heterocycles. The van der Waals surface area contributed by atoms with E-state index in [1.54, 1.807) is 6.07 Å². The van der Waals surface area contributed by atoms with Gasteiger partial charge in [-0.05, 0) is 84.5 Å². The second-order valence-corrected chi connectivity index (χ2v) is 9.60. The van der Waals surface area contributed by atoms with Gasteiger partial charge in [-0.2, -0.15) is 11.3 Å². The summed E-state index contributed by atoms with van der Waals surface area (Å²) in [6, 6.07) is 23.5. The van der Waals surface area contributed by atoms with Crippen molar-refractivity contribution in [3.63, 3.8) is 0 Å². The molecule has 0 aliphatic heterocycles. The van der Waals surface area contributed by atoms with Crippen LogP contribution in [0.25, 0.3) is 11.1 Å². The topological polar surface area (TPSA) is 61.4 Å². The van der Waals surface area contributed by atoms with Gasteiger partial charge in [0.2, 0.25) is 0 Å². The zero-order valence-corrected chi connectivity index (χ0v) is 21.0. The third-order valence-corrected chi connectivity index (χ3v) is 6.33. The van der Waals surface area contributed by atoms with Crippen molar-refractivity contribution >= 4 is 28.8 Å². The number of amides is 2. The molecule has 0 aliphatic rings. The van der Waals surface area contributed by atoms with E-state index in [0.29, 0.717) is 17.7 Å². The highest BCUT2D eigenvalue weighted by atomic mass is 32.1. The molecule has 6 heteroatoms. The van der Waals surface area contributed by atoms with Crippen molar-refractivity contribution in [2.45, 2.75) is 20.0 Å². The van der Waals surface area contributed by atoms with E-state index >= 15 is 0 Å². The number of nitrogens with one attached hydrogen (secondary N) is 2. The van der Waals surface area contributed by atoms with E-state index < -0.39 is 0 Å². The SMILES string of the molecule is Cc1cc(C(=O)NCc2cccc(CN(C)C)c2)ccc1-c1cccc(NC(=O)c2ccsc2)c1. The van der Waals surface area contributed by atoms with Crippen molar-refractivity contribution in [1.29, 1.82) is 0 Å². The number of anilines is 1. The Hall–Kier alpha value is -3.74. The average Bonchev–Trinajstić information content (AvgIpc) is 3.38. The second-order valence-electron chi connectivity index (χ2n) is 8.82. The third-order valence-electron chi connectivity index (χ3n) is 5.65. The largest absolute Gasteiger partial charge is 0.348 e. The van der Waals surface area contributed by atoms with Crippen molar-refractivity contribution in [3.05, 3.63) is 111 Å². The molecule has 0 spiro atoms. The van der Waals surface area contributed by atoms with Gasteiger partial charge < -0.3 is 15.5 Å². The van der Waals surface area contributed by atoms with E-state index in [1.165, 1.54) is 16.9 Å². The van der Waals surface area contributed by atoms with Gasteiger partial charge in [-0.3, -0.25) is 9.59 Å². The lowest BCUT2D eigenvalue weighted by atomic mass is 9.97. The Morgan fingerprint density at radius 2 is 1.66 bits per heavy atom. The quantitative estimate of drug-likeness (QED) is 0.325. The highest BCUT2D eigenvalue weighted by Crippen LogP contribution is 2.27. The fraction of sp³-hybridized carbons (Fsp3) is 0.172. The molecule has 0 bridgehead atoms. The number of nitrogens with zero attached hydrogens (tertiary/aromatic N) is 1. The molecule has 0 radical (unpaired) electrons. The minimum absolute atomic E-state index is 0.102. The number of rotatable bonds is 8. The lowest BCUT2D eigenvalue weighted by molar-refractivity contribution is 0.0950. The van der Waals surface area contributed by atoms with Crippen LogP contribution >= 0.6 is 11.3 Å². The lowest BCUT2D eigenvalue weighted by Crippen LogP contribution is -2.23. The maximum Gasteiger partial charge on any atom is 0.256 e. The van der Waals surface area contributed by atoms with Gasteiger partial charge in [-0.1, -0.05) is 42.5 Å². The highest BCUT2D eigenvalue weighted by Gasteiger charge is 2.11. The number of hydrogen-bond donors (Lipinski definition) is 2. The summed E-state index contributed by atoms with van der Waals surface area (Å²) in [7, 11) is 4.08. The molecule has 4 rings (SSSR count). The smallest absolute Gasteiger partial charge is 0.256 e. The van der Waals surface area contributed by atoms with Crippen LogP contribution in [0.15, 0.2) is 83.6 Å². The first-order valence-electron chi connectivity index (χ1n) is 11.4. The fourth-order valence-electron chi connectivity index (χ4n) is 3.98. The van der Waals surface area contributed by atoms with Crippen LogP contribution in [0.4, 0.5) is 5.69 Å². The van der Waals surface area contributed by atoms with Crippen LogP contribution in [0.3, 0.4) is 0 Å². The molecule has 0 unspecified atom stereocenters. The first kappa shape index (κ1) is 24.4. The highest BCUT2D eigenvalue weighted by molar-refractivity contribution is 7.08. The number of aryl methyl sites for hydroxylation is 1. The van der Waals surface area contributed by atoms with Gasteiger partial charge in [0.25, 0.3) is 11.8 Å². The molecule has 0 aliphatic carbocycles. The van der Waals surface area contributed by atoms with Crippen LogP contribution in [-0.4, -0.2) is 30.8 Å². The van der Waals surface area contributed by atoms with Crippen molar-refractivity contribution in [3.8, 4) is 11.1 Å². The van der Waals surface area contributed by atoms with Crippen LogP contribution in [0.1, 0.15) is 37.4 Å². The monoisotopic (exact) mass is 483 g/mol. The normalized spacial score (nSPS) is 10.9. The van der Waals surface area contributed by atoms with Gasteiger partial charge >= 0.3 is 0 Å². The number of carbonyl (C=O) groups excluding carboxylic acids is 2. The Labute approximate surface area is 210 Å². The van der Waals surface area contributed by atoms with Gasteiger partial charge in [0.05, 0.1) is 5.56 Å². The molecule has 3 aromatic carbocycles. The summed E-state index contributed by atoms with van der Waals surface area (Å²) >= 11 is 1.49. The van der Waals surface area contributed by atoms with E-state index in [-0.39, 0.29) is 11.8 Å². The molecule has 4 aromatic rings. The standard InChI is InChI=1S/C29H29N3O2S/c1-20-14-24(28(33)30-17-21-6-4-7-22(15-21)18-32(2)3)10-11-27(20)23-8-5-9-26(16-23)31-29(34)25-12-13-35-19-25/h4-16,19H,17-18H2,1-3H3,(H,30,33)(H,31,34). The Morgan fingerprint density at radius 1 is 0.857 bits per heavy atom. The number of hydrogen-bond acceptors (Lipinski definition) is 4. The van der Waals surface area contributed by atoms with Crippen LogP contribution in [0.2, 0.25) is 0 Å². The second kappa shape index (κ2) is 11.1. The van der Waals surface area contributed by atoms with Gasteiger partial charge in [0.15, 0.2) is 0 Å². The van der Waals surface area contributed by atoms with E-state index in [1.807, 2.05) is 86.4 Å². The molecule has 0 saturated carbocycles. The van der Waals surface area contributed by atoms with E-state index in [4.69, 9.17) is 0 Å². The molecular formula is C29H29N3O2S. The Kier molecular flexibility index (Phi) is 7.75. The van der Waals surface area contributed by atoms with Crippen molar-refractivity contribution < 1.29 is 9.59 Å². The molecule has 5 nitrogen and oxygen atoms in total. The van der Waals surface area contributed by atoms with E-state index in [9.17, 15) is 9.59 Å². The Balaban J connectivity index is 1.43. The van der Waals surface area contributed by atoms with Gasteiger partial charge in [0.1, 0.15) is 0 Å². The average molecular weight is 484 g/mol. The van der Waals surface area contributed by atoms with Crippen molar-refractivity contribution in [2.24, 2.45) is 0 Å². The molecule has 2 amide bonds. The van der Waals surface area contributed by atoms with Crippen molar-refractivity contribution in [2.75, 3.05) is 19.4 Å². The summed E-state index contributed by atoms with van der Waals surface area (Å²) in [5, 5.41) is 9.69. The molecule has 2 N–H and O–H groups in total. The van der Waals surface area contributed by atoms with Gasteiger partial charge in [-0.25, -0.2) is 0 Å². The predicted octanol–water partition coefficient (Wildman–Crippen LogP) is 5.97. The minimum atomic E-state index is -0.126. The molecule has 35 heavy (non-hydrogen) atoms. The Morgan fingerprint density at radius 3 is 2.40 bits per heavy atom. The molecule has 0 fully saturated rings. The molecule has 0 atom stereocenters. The zero-order chi connectivity index (χ0) is 24.8.